The predicted octanol–water partition coefficient (Wildman–Crippen LogP) is 3.09. The largest absolute Gasteiger partial charge is 0.356 e. The summed E-state index contributed by atoms with van der Waals surface area (Å²) < 4.78 is 13.5. The first-order chi connectivity index (χ1) is 7.56. The van der Waals surface area contributed by atoms with Crippen molar-refractivity contribution < 1.29 is 9.31 Å². The molecule has 0 saturated carbocycles. The van der Waals surface area contributed by atoms with Crippen LogP contribution >= 0.6 is 0 Å². The van der Waals surface area contributed by atoms with Crippen LogP contribution in [0, 0.1) is 22.9 Å². The van der Waals surface area contributed by atoms with Crippen molar-refractivity contribution in [3.05, 3.63) is 39.3 Å². The predicted molar refractivity (Wildman–Crippen MR) is 59.0 cm³/mol. The minimum Gasteiger partial charge on any atom is -0.356 e. The molecule has 0 aliphatic rings. The lowest BCUT2D eigenvalue weighted by molar-refractivity contribution is -0.383. The normalized spacial score (nSPS) is 10.9. The summed E-state index contributed by atoms with van der Waals surface area (Å²) in [5, 5.41) is 11.2. The van der Waals surface area contributed by atoms with Crippen LogP contribution in [0.3, 0.4) is 0 Å². The lowest BCUT2D eigenvalue weighted by atomic mass is 10.1. The van der Waals surface area contributed by atoms with E-state index in [1.54, 1.807) is 6.92 Å². The monoisotopic (exact) mass is 222 g/mol. The molecule has 0 spiro atoms. The van der Waals surface area contributed by atoms with E-state index in [4.69, 9.17) is 0 Å². The Kier molecular flexibility index (Phi) is 2.38. The van der Waals surface area contributed by atoms with Crippen LogP contribution in [0.25, 0.3) is 10.9 Å². The highest BCUT2D eigenvalue weighted by molar-refractivity contribution is 5.93. The quantitative estimate of drug-likeness (QED) is 0.627. The lowest BCUT2D eigenvalue weighted by Gasteiger charge is -1.96. The van der Waals surface area contributed by atoms with Gasteiger partial charge < -0.3 is 4.98 Å². The molecule has 1 aromatic heterocycles. The molecule has 0 bridgehead atoms. The molecule has 0 saturated heterocycles. The molecule has 0 aliphatic heterocycles. The number of rotatable bonds is 2. The van der Waals surface area contributed by atoms with Gasteiger partial charge in [0.25, 0.3) is 5.69 Å². The molecule has 0 radical (unpaired) electrons. The molecule has 4 nitrogen and oxygen atoms in total. The summed E-state index contributed by atoms with van der Waals surface area (Å²) in [7, 11) is 0. The second kappa shape index (κ2) is 3.59. The fraction of sp³-hybridized carbons (Fsp3) is 0.273. The summed E-state index contributed by atoms with van der Waals surface area (Å²) in [4.78, 5) is 13.3. The first-order valence-electron chi connectivity index (χ1n) is 5.00. The van der Waals surface area contributed by atoms with E-state index in [1.165, 1.54) is 6.07 Å². The van der Waals surface area contributed by atoms with Gasteiger partial charge in [-0.3, -0.25) is 10.1 Å². The zero-order valence-corrected chi connectivity index (χ0v) is 9.00. The van der Waals surface area contributed by atoms with Gasteiger partial charge in [0, 0.05) is 11.8 Å². The van der Waals surface area contributed by atoms with Gasteiger partial charge in [0.1, 0.15) is 5.82 Å². The van der Waals surface area contributed by atoms with E-state index in [1.807, 2.05) is 6.92 Å². The zero-order chi connectivity index (χ0) is 11.9. The third kappa shape index (κ3) is 1.36. The van der Waals surface area contributed by atoms with Gasteiger partial charge in [-0.25, -0.2) is 4.39 Å². The van der Waals surface area contributed by atoms with Gasteiger partial charge in [0.15, 0.2) is 0 Å². The SMILES string of the molecule is CCc1[nH]c2c(F)ccc([N+](=O)[O-])c2c1C. The van der Waals surface area contributed by atoms with Crippen molar-refractivity contribution in [2.24, 2.45) is 0 Å². The van der Waals surface area contributed by atoms with Crippen molar-refractivity contribution in [1.82, 2.24) is 4.98 Å². The number of nitro benzene ring substituents is 1. The van der Waals surface area contributed by atoms with Crippen LogP contribution in [-0.4, -0.2) is 9.91 Å². The van der Waals surface area contributed by atoms with Gasteiger partial charge in [-0.15, -0.1) is 0 Å². The molecular weight excluding hydrogens is 211 g/mol. The highest BCUT2D eigenvalue weighted by Crippen LogP contribution is 2.32. The Balaban J connectivity index is 2.91. The maximum atomic E-state index is 13.5. The Labute approximate surface area is 91.2 Å². The first kappa shape index (κ1) is 10.6. The maximum absolute atomic E-state index is 13.5. The van der Waals surface area contributed by atoms with Crippen LogP contribution in [-0.2, 0) is 6.42 Å². The number of hydrogen-bond donors (Lipinski definition) is 1. The number of fused-ring (bicyclic) bond motifs is 1. The number of aromatic nitrogens is 1. The summed E-state index contributed by atoms with van der Waals surface area (Å²) in [6.45, 7) is 3.69. The molecular formula is C11H11FN2O2. The topological polar surface area (TPSA) is 58.9 Å². The molecule has 1 aromatic carbocycles. The van der Waals surface area contributed by atoms with Crippen LogP contribution in [0.2, 0.25) is 0 Å². The summed E-state index contributed by atoms with van der Waals surface area (Å²) >= 11 is 0. The highest BCUT2D eigenvalue weighted by atomic mass is 19.1. The molecule has 1 N–H and O–H groups in total. The number of halogens is 1. The number of nitrogens with one attached hydrogen (secondary N) is 1. The van der Waals surface area contributed by atoms with Gasteiger partial charge in [0.05, 0.1) is 15.8 Å². The van der Waals surface area contributed by atoms with Crippen molar-refractivity contribution in [3.8, 4) is 0 Å². The Morgan fingerprint density at radius 3 is 2.75 bits per heavy atom. The van der Waals surface area contributed by atoms with Gasteiger partial charge in [-0.2, -0.15) is 0 Å². The average Bonchev–Trinajstić information content (AvgIpc) is 2.57. The van der Waals surface area contributed by atoms with E-state index >= 15 is 0 Å². The Morgan fingerprint density at radius 1 is 1.50 bits per heavy atom. The Hall–Kier alpha value is -1.91. The molecule has 0 fully saturated rings. The molecule has 16 heavy (non-hydrogen) atoms. The molecule has 2 aromatic rings. The molecule has 0 atom stereocenters. The molecule has 0 aliphatic carbocycles. The number of nitrogens with zero attached hydrogens (tertiary/aromatic N) is 1. The van der Waals surface area contributed by atoms with E-state index < -0.39 is 10.7 Å². The third-order valence-corrected chi connectivity index (χ3v) is 2.79. The van der Waals surface area contributed by atoms with Gasteiger partial charge in [0.2, 0.25) is 0 Å². The van der Waals surface area contributed by atoms with E-state index in [-0.39, 0.29) is 11.2 Å². The number of benzene rings is 1. The Morgan fingerprint density at radius 2 is 2.19 bits per heavy atom. The zero-order valence-electron chi connectivity index (χ0n) is 9.00. The van der Waals surface area contributed by atoms with E-state index in [0.717, 1.165) is 17.3 Å². The van der Waals surface area contributed by atoms with Crippen molar-refractivity contribution in [2.45, 2.75) is 20.3 Å². The molecule has 5 heteroatoms. The van der Waals surface area contributed by atoms with Crippen molar-refractivity contribution in [2.75, 3.05) is 0 Å². The highest BCUT2D eigenvalue weighted by Gasteiger charge is 2.20. The molecule has 1 heterocycles. The number of hydrogen-bond acceptors (Lipinski definition) is 2. The van der Waals surface area contributed by atoms with Crippen LogP contribution in [0.15, 0.2) is 12.1 Å². The first-order valence-corrected chi connectivity index (χ1v) is 5.00. The number of aromatic amines is 1. The van der Waals surface area contributed by atoms with Crippen molar-refractivity contribution >= 4 is 16.6 Å². The van der Waals surface area contributed by atoms with Gasteiger partial charge in [-0.05, 0) is 25.0 Å². The fourth-order valence-electron chi connectivity index (χ4n) is 1.97. The average molecular weight is 222 g/mol. The maximum Gasteiger partial charge on any atom is 0.279 e. The Bertz CT molecular complexity index is 575. The van der Waals surface area contributed by atoms with Crippen LogP contribution in [0.1, 0.15) is 18.2 Å². The molecule has 0 unspecified atom stereocenters. The smallest absolute Gasteiger partial charge is 0.279 e. The third-order valence-electron chi connectivity index (χ3n) is 2.79. The number of H-pyrrole nitrogens is 1. The van der Waals surface area contributed by atoms with Crippen molar-refractivity contribution in [3.63, 3.8) is 0 Å². The number of non-ortho nitro benzene ring substituents is 1. The van der Waals surface area contributed by atoms with Crippen LogP contribution in [0.4, 0.5) is 10.1 Å². The minimum atomic E-state index is -0.484. The fourth-order valence-corrected chi connectivity index (χ4v) is 1.97. The minimum absolute atomic E-state index is 0.0511. The van der Waals surface area contributed by atoms with Crippen LogP contribution in [0.5, 0.6) is 0 Å². The summed E-state index contributed by atoms with van der Waals surface area (Å²) in [5.41, 5.74) is 1.76. The summed E-state index contributed by atoms with van der Waals surface area (Å²) in [6, 6.07) is 2.33. The standard InChI is InChI=1S/C11H11FN2O2/c1-3-8-6(2)10-9(14(15)16)5-4-7(12)11(10)13-8/h4-5,13H,3H2,1-2H3. The van der Waals surface area contributed by atoms with E-state index in [2.05, 4.69) is 4.98 Å². The summed E-state index contributed by atoms with van der Waals surface area (Å²) in [6.07, 6.45) is 0.692. The number of aryl methyl sites for hydroxylation is 2. The van der Waals surface area contributed by atoms with E-state index in [9.17, 15) is 14.5 Å². The second-order valence-electron chi connectivity index (χ2n) is 3.66. The van der Waals surface area contributed by atoms with Crippen LogP contribution < -0.4 is 0 Å². The van der Waals surface area contributed by atoms with Gasteiger partial charge in [-0.1, -0.05) is 6.92 Å². The molecule has 0 amide bonds. The lowest BCUT2D eigenvalue weighted by Crippen LogP contribution is -1.90. The second-order valence-corrected chi connectivity index (χ2v) is 3.66. The van der Waals surface area contributed by atoms with Gasteiger partial charge >= 0.3 is 0 Å². The van der Waals surface area contributed by atoms with Crippen molar-refractivity contribution in [1.29, 1.82) is 0 Å². The van der Waals surface area contributed by atoms with E-state index in [0.29, 0.717) is 11.8 Å². The summed E-state index contributed by atoms with van der Waals surface area (Å²) in [5.74, 6) is -0.455. The molecule has 2 rings (SSSR count). The molecule has 84 valence electrons. The number of nitro groups is 1.